The van der Waals surface area contributed by atoms with Gasteiger partial charge in [-0.25, -0.2) is 4.99 Å². The number of aliphatic imine (C=N–C) groups is 1. The number of hydrogen-bond donors (Lipinski definition) is 1. The highest BCUT2D eigenvalue weighted by Gasteiger charge is 2.18. The highest BCUT2D eigenvalue weighted by Crippen LogP contribution is 2.23. The second-order valence-electron chi connectivity index (χ2n) is 5.85. The first-order chi connectivity index (χ1) is 11.6. The molecule has 1 aliphatic heterocycles. The molecule has 1 aliphatic rings. The molecule has 4 nitrogen and oxygen atoms in total. The first kappa shape index (κ1) is 16.6. The molecule has 0 atom stereocenters. The summed E-state index contributed by atoms with van der Waals surface area (Å²) < 4.78 is 2.26. The second-order valence-corrected chi connectivity index (χ2v) is 6.81. The lowest BCUT2D eigenvalue weighted by Crippen LogP contribution is -2.25. The van der Waals surface area contributed by atoms with Crippen LogP contribution in [0.2, 0.25) is 0 Å². The molecule has 0 fully saturated rings. The first-order valence-electron chi connectivity index (χ1n) is 7.98. The maximum atomic E-state index is 4.66. The van der Waals surface area contributed by atoms with E-state index in [-0.39, 0.29) is 0 Å². The van der Waals surface area contributed by atoms with Gasteiger partial charge in [0.05, 0.1) is 11.4 Å². The van der Waals surface area contributed by atoms with Crippen molar-refractivity contribution >= 4 is 28.3 Å². The molecule has 24 heavy (non-hydrogen) atoms. The Morgan fingerprint density at radius 3 is 2.79 bits per heavy atom. The molecule has 3 rings (SSSR count). The van der Waals surface area contributed by atoms with Crippen molar-refractivity contribution in [3.05, 3.63) is 65.5 Å². The molecule has 5 heteroatoms. The van der Waals surface area contributed by atoms with Crippen LogP contribution in [0.15, 0.2) is 53.1 Å². The zero-order chi connectivity index (χ0) is 17.1. The van der Waals surface area contributed by atoms with Gasteiger partial charge in [-0.15, -0.1) is 6.58 Å². The van der Waals surface area contributed by atoms with Gasteiger partial charge in [0, 0.05) is 29.2 Å². The zero-order valence-corrected chi connectivity index (χ0v) is 15.2. The Hall–Kier alpha value is -2.27. The number of aromatic nitrogens is 1. The lowest BCUT2D eigenvalue weighted by atomic mass is 10.1. The summed E-state index contributed by atoms with van der Waals surface area (Å²) in [5, 5.41) is 5.40. The minimum atomic E-state index is 0.816. The Kier molecular flexibility index (Phi) is 4.90. The molecule has 0 unspecified atom stereocenters. The summed E-state index contributed by atoms with van der Waals surface area (Å²) in [5.74, 6) is 0.816. The molecule has 2 heterocycles. The minimum absolute atomic E-state index is 0.816. The summed E-state index contributed by atoms with van der Waals surface area (Å²) in [6, 6.07) is 10.3. The molecule has 1 aromatic carbocycles. The number of rotatable bonds is 4. The highest BCUT2D eigenvalue weighted by molar-refractivity contribution is 8.14. The average Bonchev–Trinajstić information content (AvgIpc) is 2.86. The van der Waals surface area contributed by atoms with Gasteiger partial charge in [0.1, 0.15) is 0 Å². The monoisotopic (exact) mass is 338 g/mol. The summed E-state index contributed by atoms with van der Waals surface area (Å²) in [6.07, 6.45) is 1.92. The maximum Gasteiger partial charge on any atom is 0.182 e. The predicted octanol–water partition coefficient (Wildman–Crippen LogP) is 4.33. The van der Waals surface area contributed by atoms with Crippen LogP contribution >= 0.6 is 11.8 Å². The fourth-order valence-corrected chi connectivity index (χ4v) is 3.58. The molecule has 0 spiro atoms. The van der Waals surface area contributed by atoms with Gasteiger partial charge < -0.3 is 4.57 Å². The summed E-state index contributed by atoms with van der Waals surface area (Å²) in [4.78, 5) is 4.66. The normalized spacial score (nSPS) is 16.0. The lowest BCUT2D eigenvalue weighted by Gasteiger charge is -2.15. The molecule has 1 aromatic heterocycles. The number of nitrogens with one attached hydrogen (secondary N) is 1. The van der Waals surface area contributed by atoms with Crippen molar-refractivity contribution in [2.45, 2.75) is 27.3 Å². The van der Waals surface area contributed by atoms with Crippen LogP contribution in [0.3, 0.4) is 0 Å². The topological polar surface area (TPSA) is 41.7 Å². The van der Waals surface area contributed by atoms with Crippen molar-refractivity contribution in [1.29, 1.82) is 0 Å². The van der Waals surface area contributed by atoms with Gasteiger partial charge in [0.15, 0.2) is 5.17 Å². The first-order valence-corrected chi connectivity index (χ1v) is 8.96. The molecule has 0 bridgehead atoms. The Bertz CT molecular complexity index is 830. The molecule has 0 amide bonds. The number of allylic oxidation sites excluding steroid dienone is 1. The Labute approximate surface area is 147 Å². The fraction of sp³-hybridized carbons (Fsp3) is 0.263. The lowest BCUT2D eigenvalue weighted by molar-refractivity contribution is 0.768. The van der Waals surface area contributed by atoms with E-state index in [4.69, 9.17) is 0 Å². The molecule has 1 N–H and O–H groups in total. The van der Waals surface area contributed by atoms with Gasteiger partial charge in [-0.05, 0) is 38.5 Å². The molecule has 0 saturated carbocycles. The Balaban J connectivity index is 1.82. The van der Waals surface area contributed by atoms with Crippen LogP contribution in [0.1, 0.15) is 22.5 Å². The fourth-order valence-electron chi connectivity index (χ4n) is 2.81. The van der Waals surface area contributed by atoms with Crippen LogP contribution in [0.25, 0.3) is 0 Å². The number of thioether (sulfide) groups is 1. The number of amidine groups is 1. The van der Waals surface area contributed by atoms with E-state index in [9.17, 15) is 0 Å². The Morgan fingerprint density at radius 1 is 1.33 bits per heavy atom. The van der Waals surface area contributed by atoms with Crippen molar-refractivity contribution in [2.75, 3.05) is 5.75 Å². The number of aryl methyl sites for hydroxylation is 2. The van der Waals surface area contributed by atoms with Crippen LogP contribution in [-0.4, -0.2) is 21.2 Å². The van der Waals surface area contributed by atoms with Gasteiger partial charge >= 0.3 is 0 Å². The Morgan fingerprint density at radius 2 is 2.12 bits per heavy atom. The van der Waals surface area contributed by atoms with Gasteiger partial charge in [-0.3, -0.25) is 5.43 Å². The van der Waals surface area contributed by atoms with Gasteiger partial charge in [0.2, 0.25) is 0 Å². The van der Waals surface area contributed by atoms with E-state index in [0.29, 0.717) is 0 Å². The van der Waals surface area contributed by atoms with Crippen LogP contribution in [0, 0.1) is 20.8 Å². The number of hydrazone groups is 1. The standard InChI is InChI=1S/C19H22N4S/c1-5-10-23-14(3)11-16(15(23)4)18-12-24-19(22-21-18)20-17-9-7-6-8-13(17)2/h5-9,11H,1,10,12H2,2-4H3,(H,20,22). The van der Waals surface area contributed by atoms with E-state index in [1.54, 1.807) is 11.8 Å². The van der Waals surface area contributed by atoms with Crippen molar-refractivity contribution in [1.82, 2.24) is 9.99 Å². The molecule has 0 aliphatic carbocycles. The quantitative estimate of drug-likeness (QED) is 0.843. The van der Waals surface area contributed by atoms with Crippen molar-refractivity contribution in [3.8, 4) is 0 Å². The van der Waals surface area contributed by atoms with Crippen molar-refractivity contribution in [2.24, 2.45) is 10.1 Å². The van der Waals surface area contributed by atoms with E-state index in [0.717, 1.165) is 34.4 Å². The third kappa shape index (κ3) is 3.31. The number of hydrogen-bond acceptors (Lipinski definition) is 3. The van der Waals surface area contributed by atoms with Crippen molar-refractivity contribution in [3.63, 3.8) is 0 Å². The summed E-state index contributed by atoms with van der Waals surface area (Å²) in [5.41, 5.74) is 9.97. The number of para-hydroxylation sites is 1. The van der Waals surface area contributed by atoms with E-state index < -0.39 is 0 Å². The maximum absolute atomic E-state index is 4.66. The number of benzene rings is 1. The van der Waals surface area contributed by atoms with Crippen molar-refractivity contribution < 1.29 is 0 Å². The van der Waals surface area contributed by atoms with E-state index >= 15 is 0 Å². The average molecular weight is 338 g/mol. The van der Waals surface area contributed by atoms with E-state index in [1.807, 2.05) is 24.3 Å². The highest BCUT2D eigenvalue weighted by atomic mass is 32.2. The van der Waals surface area contributed by atoms with E-state index in [1.165, 1.54) is 17.0 Å². The largest absolute Gasteiger partial charge is 0.345 e. The van der Waals surface area contributed by atoms with Gasteiger partial charge in [0.25, 0.3) is 0 Å². The molecular weight excluding hydrogens is 316 g/mol. The van der Waals surface area contributed by atoms with E-state index in [2.05, 4.69) is 59.6 Å². The molecule has 0 saturated heterocycles. The molecular formula is C19H22N4S. The van der Waals surface area contributed by atoms with Gasteiger partial charge in [-0.2, -0.15) is 5.10 Å². The van der Waals surface area contributed by atoms with Crippen LogP contribution in [-0.2, 0) is 6.54 Å². The summed E-state index contributed by atoms with van der Waals surface area (Å²) in [7, 11) is 0. The third-order valence-corrected chi connectivity index (χ3v) is 5.04. The molecule has 124 valence electrons. The molecule has 2 aromatic rings. The van der Waals surface area contributed by atoms with Gasteiger partial charge in [-0.1, -0.05) is 36.0 Å². The summed E-state index contributed by atoms with van der Waals surface area (Å²) in [6.45, 7) is 11.0. The minimum Gasteiger partial charge on any atom is -0.345 e. The smallest absolute Gasteiger partial charge is 0.182 e. The second kappa shape index (κ2) is 7.09. The third-order valence-electron chi connectivity index (χ3n) is 4.17. The summed E-state index contributed by atoms with van der Waals surface area (Å²) >= 11 is 1.69. The predicted molar refractivity (Wildman–Crippen MR) is 105 cm³/mol. The van der Waals surface area contributed by atoms with Crippen LogP contribution in [0.4, 0.5) is 5.69 Å². The molecule has 0 radical (unpaired) electrons. The zero-order valence-electron chi connectivity index (χ0n) is 14.3. The van der Waals surface area contributed by atoms with Crippen LogP contribution in [0.5, 0.6) is 0 Å². The number of nitrogens with zero attached hydrogens (tertiary/aromatic N) is 3. The SMILES string of the molecule is C=CCn1c(C)cc(C2=NNC(=Nc3ccccc3C)SC2)c1C. The van der Waals surface area contributed by atoms with Crippen LogP contribution < -0.4 is 5.43 Å².